The third-order valence-corrected chi connectivity index (χ3v) is 2.86. The Morgan fingerprint density at radius 2 is 1.69 bits per heavy atom. The van der Waals surface area contributed by atoms with E-state index in [-0.39, 0.29) is 0 Å². The molecule has 1 aromatic carbocycles. The second-order valence-corrected chi connectivity index (χ2v) is 4.93. The number of hydrogen-bond donors (Lipinski definition) is 1. The Labute approximate surface area is 79.4 Å². The van der Waals surface area contributed by atoms with E-state index in [0.29, 0.717) is 11.2 Å². The van der Waals surface area contributed by atoms with Gasteiger partial charge in [-0.1, -0.05) is 19.9 Å². The van der Waals surface area contributed by atoms with Crippen LogP contribution in [0, 0.1) is 12.3 Å². The van der Waals surface area contributed by atoms with Crippen LogP contribution >= 0.6 is 0 Å². The lowest BCUT2D eigenvalue weighted by Crippen LogP contribution is -2.09. The number of aromatic hydroxyl groups is 1. The molecule has 0 aliphatic heterocycles. The molecule has 0 atom stereocenters. The molecular formula is C12H16O. The number of phenolic OH excluding ortho intramolecular Hbond substituents is 1. The molecule has 0 heterocycles. The summed E-state index contributed by atoms with van der Waals surface area (Å²) in [6, 6.07) is 4.05. The van der Waals surface area contributed by atoms with Crippen molar-refractivity contribution in [3.63, 3.8) is 0 Å². The predicted octanol–water partition coefficient (Wildman–Crippen LogP) is 2.83. The summed E-state index contributed by atoms with van der Waals surface area (Å²) in [6.45, 7) is 6.51. The highest BCUT2D eigenvalue weighted by Crippen LogP contribution is 2.38. The highest BCUT2D eigenvalue weighted by atomic mass is 16.3. The maximum atomic E-state index is 9.55. The van der Waals surface area contributed by atoms with Crippen LogP contribution in [0.3, 0.4) is 0 Å². The molecule has 70 valence electrons. The van der Waals surface area contributed by atoms with Crippen molar-refractivity contribution in [3.8, 4) is 5.75 Å². The number of phenols is 1. The first-order valence-electron chi connectivity index (χ1n) is 4.79. The number of benzene rings is 1. The van der Waals surface area contributed by atoms with Crippen LogP contribution in [0.5, 0.6) is 5.75 Å². The maximum Gasteiger partial charge on any atom is 0.118 e. The monoisotopic (exact) mass is 176 g/mol. The molecule has 0 saturated carbocycles. The van der Waals surface area contributed by atoms with E-state index < -0.39 is 0 Å². The van der Waals surface area contributed by atoms with Crippen molar-refractivity contribution in [2.45, 2.75) is 33.6 Å². The molecule has 0 saturated heterocycles. The van der Waals surface area contributed by atoms with Crippen molar-refractivity contribution in [1.82, 2.24) is 0 Å². The molecule has 1 aliphatic carbocycles. The zero-order valence-electron chi connectivity index (χ0n) is 8.52. The summed E-state index contributed by atoms with van der Waals surface area (Å²) in [4.78, 5) is 0. The number of fused-ring (bicyclic) bond motifs is 1. The lowest BCUT2D eigenvalue weighted by molar-refractivity contribution is 0.392. The van der Waals surface area contributed by atoms with Crippen LogP contribution in [0.25, 0.3) is 0 Å². The topological polar surface area (TPSA) is 20.2 Å². The predicted molar refractivity (Wildman–Crippen MR) is 54.0 cm³/mol. The van der Waals surface area contributed by atoms with Gasteiger partial charge in [0, 0.05) is 0 Å². The van der Waals surface area contributed by atoms with Gasteiger partial charge in [0.25, 0.3) is 0 Å². The second kappa shape index (κ2) is 2.50. The first-order chi connectivity index (χ1) is 5.98. The Kier molecular flexibility index (Phi) is 1.66. The minimum absolute atomic E-state index is 0.378. The Balaban J connectivity index is 2.48. The van der Waals surface area contributed by atoms with Crippen LogP contribution in [-0.2, 0) is 12.8 Å². The molecule has 0 bridgehead atoms. The fourth-order valence-electron chi connectivity index (χ4n) is 2.22. The molecule has 2 rings (SSSR count). The van der Waals surface area contributed by atoms with Crippen molar-refractivity contribution in [2.75, 3.05) is 0 Å². The van der Waals surface area contributed by atoms with Crippen molar-refractivity contribution >= 4 is 0 Å². The molecule has 0 aromatic heterocycles. The fraction of sp³-hybridized carbons (Fsp3) is 0.500. The highest BCUT2D eigenvalue weighted by molar-refractivity contribution is 5.44. The van der Waals surface area contributed by atoms with Gasteiger partial charge in [-0.05, 0) is 47.9 Å². The molecule has 0 unspecified atom stereocenters. The molecule has 0 radical (unpaired) electrons. The Bertz CT molecular complexity index is 317. The van der Waals surface area contributed by atoms with Gasteiger partial charge in [-0.25, -0.2) is 0 Å². The molecule has 1 aromatic rings. The average Bonchev–Trinajstić information content (AvgIpc) is 2.24. The standard InChI is InChI=1S/C12H16O/c1-8-4-9-6-12(2,3)7-10(9)5-11(8)13/h4-5,13H,6-7H2,1-3H3. The molecular weight excluding hydrogens is 160 g/mol. The fourth-order valence-corrected chi connectivity index (χ4v) is 2.22. The summed E-state index contributed by atoms with van der Waals surface area (Å²) in [7, 11) is 0. The van der Waals surface area contributed by atoms with Crippen LogP contribution in [0.4, 0.5) is 0 Å². The van der Waals surface area contributed by atoms with E-state index in [1.54, 1.807) is 0 Å². The van der Waals surface area contributed by atoms with Gasteiger partial charge in [0.1, 0.15) is 5.75 Å². The number of aryl methyl sites for hydroxylation is 1. The minimum atomic E-state index is 0.378. The van der Waals surface area contributed by atoms with E-state index in [0.717, 1.165) is 18.4 Å². The van der Waals surface area contributed by atoms with Gasteiger partial charge in [0.05, 0.1) is 0 Å². The summed E-state index contributed by atoms with van der Waals surface area (Å²) in [5.74, 6) is 0.441. The molecule has 0 spiro atoms. The first kappa shape index (κ1) is 8.61. The summed E-state index contributed by atoms with van der Waals surface area (Å²) in [5, 5.41) is 9.55. The van der Waals surface area contributed by atoms with Gasteiger partial charge in [0.2, 0.25) is 0 Å². The molecule has 0 fully saturated rings. The smallest absolute Gasteiger partial charge is 0.118 e. The quantitative estimate of drug-likeness (QED) is 0.644. The maximum absolute atomic E-state index is 9.55. The van der Waals surface area contributed by atoms with E-state index in [9.17, 15) is 5.11 Å². The van der Waals surface area contributed by atoms with Crippen LogP contribution < -0.4 is 0 Å². The van der Waals surface area contributed by atoms with Crippen molar-refractivity contribution < 1.29 is 5.11 Å². The summed E-state index contributed by atoms with van der Waals surface area (Å²) < 4.78 is 0. The Hall–Kier alpha value is -0.980. The van der Waals surface area contributed by atoms with Gasteiger partial charge >= 0.3 is 0 Å². The van der Waals surface area contributed by atoms with E-state index >= 15 is 0 Å². The van der Waals surface area contributed by atoms with Crippen molar-refractivity contribution in [3.05, 3.63) is 28.8 Å². The zero-order valence-corrected chi connectivity index (χ0v) is 8.52. The third-order valence-electron chi connectivity index (χ3n) is 2.86. The van der Waals surface area contributed by atoms with E-state index in [4.69, 9.17) is 0 Å². The number of hydrogen-bond acceptors (Lipinski definition) is 1. The van der Waals surface area contributed by atoms with E-state index in [1.165, 1.54) is 11.1 Å². The third kappa shape index (κ3) is 1.43. The highest BCUT2D eigenvalue weighted by Gasteiger charge is 2.28. The molecule has 1 heteroatoms. The largest absolute Gasteiger partial charge is 0.508 e. The SMILES string of the molecule is Cc1cc2c(cc1O)CC(C)(C)C2. The van der Waals surface area contributed by atoms with Gasteiger partial charge in [-0.15, -0.1) is 0 Å². The van der Waals surface area contributed by atoms with Crippen molar-refractivity contribution in [1.29, 1.82) is 0 Å². The van der Waals surface area contributed by atoms with E-state index in [2.05, 4.69) is 19.9 Å². The van der Waals surface area contributed by atoms with Crippen LogP contribution in [0.2, 0.25) is 0 Å². The van der Waals surface area contributed by atoms with Gasteiger partial charge in [0.15, 0.2) is 0 Å². The van der Waals surface area contributed by atoms with Gasteiger partial charge in [-0.3, -0.25) is 0 Å². The average molecular weight is 176 g/mol. The normalized spacial score (nSPS) is 18.7. The molecule has 13 heavy (non-hydrogen) atoms. The molecule has 1 aliphatic rings. The van der Waals surface area contributed by atoms with Gasteiger partial charge in [-0.2, -0.15) is 0 Å². The Morgan fingerprint density at radius 1 is 1.15 bits per heavy atom. The second-order valence-electron chi connectivity index (χ2n) is 4.93. The van der Waals surface area contributed by atoms with Crippen LogP contribution in [-0.4, -0.2) is 5.11 Å². The summed E-state index contributed by atoms with van der Waals surface area (Å²) in [5.41, 5.74) is 4.12. The zero-order chi connectivity index (χ0) is 9.64. The summed E-state index contributed by atoms with van der Waals surface area (Å²) >= 11 is 0. The lowest BCUT2D eigenvalue weighted by atomic mass is 9.90. The van der Waals surface area contributed by atoms with Crippen LogP contribution in [0.15, 0.2) is 12.1 Å². The summed E-state index contributed by atoms with van der Waals surface area (Å²) in [6.07, 6.45) is 2.24. The van der Waals surface area contributed by atoms with Gasteiger partial charge < -0.3 is 5.11 Å². The number of rotatable bonds is 0. The molecule has 0 amide bonds. The first-order valence-corrected chi connectivity index (χ1v) is 4.79. The van der Waals surface area contributed by atoms with Crippen LogP contribution in [0.1, 0.15) is 30.5 Å². The Morgan fingerprint density at radius 3 is 2.31 bits per heavy atom. The minimum Gasteiger partial charge on any atom is -0.508 e. The molecule has 1 N–H and O–H groups in total. The molecule has 1 nitrogen and oxygen atoms in total. The lowest BCUT2D eigenvalue weighted by Gasteiger charge is -2.14. The van der Waals surface area contributed by atoms with Crippen molar-refractivity contribution in [2.24, 2.45) is 5.41 Å². The van der Waals surface area contributed by atoms with E-state index in [1.807, 2.05) is 13.0 Å².